The Labute approximate surface area is 149 Å². The van der Waals surface area contributed by atoms with Crippen molar-refractivity contribution in [2.24, 2.45) is 0 Å². The summed E-state index contributed by atoms with van der Waals surface area (Å²) in [6.07, 6.45) is 0.956. The van der Waals surface area contributed by atoms with E-state index >= 15 is 0 Å². The number of benzene rings is 2. The van der Waals surface area contributed by atoms with Crippen LogP contribution in [-0.2, 0) is 4.74 Å². The molecule has 2 aromatic rings. The lowest BCUT2D eigenvalue weighted by Crippen LogP contribution is -2.33. The van der Waals surface area contributed by atoms with Crippen molar-refractivity contribution in [1.29, 1.82) is 0 Å². The number of Topliss-reactive ketones (excluding diaryl/α,β-unsaturated/α-hetero) is 1. The van der Waals surface area contributed by atoms with Crippen LogP contribution < -0.4 is 10.1 Å². The lowest BCUT2D eigenvalue weighted by atomic mass is 9.98. The first-order chi connectivity index (χ1) is 11.6. The van der Waals surface area contributed by atoms with Gasteiger partial charge in [-0.15, -0.1) is 0 Å². The largest absolute Gasteiger partial charge is 0.460 e. The van der Waals surface area contributed by atoms with E-state index in [4.69, 9.17) is 9.47 Å². The van der Waals surface area contributed by atoms with Crippen LogP contribution in [0.25, 0.3) is 0 Å². The third-order valence-corrected chi connectivity index (χ3v) is 4.22. The number of anilines is 1. The fourth-order valence-corrected chi connectivity index (χ4v) is 2.75. The summed E-state index contributed by atoms with van der Waals surface area (Å²) in [5.74, 6) is 0.479. The van der Waals surface area contributed by atoms with Gasteiger partial charge in [-0.1, -0.05) is 27.6 Å². The van der Waals surface area contributed by atoms with Crippen molar-refractivity contribution >= 4 is 27.4 Å². The Hall–Kier alpha value is -2.11. The number of hydrogen-bond acceptors (Lipinski definition) is 4. The van der Waals surface area contributed by atoms with Crippen LogP contribution in [0.4, 0.5) is 5.69 Å². The van der Waals surface area contributed by atoms with Crippen LogP contribution in [0.1, 0.15) is 22.8 Å². The van der Waals surface area contributed by atoms with Crippen molar-refractivity contribution in [2.45, 2.75) is 20.1 Å². The molecule has 1 unspecified atom stereocenters. The summed E-state index contributed by atoms with van der Waals surface area (Å²) in [4.78, 5) is 12.9. The maximum absolute atomic E-state index is 12.9. The van der Waals surface area contributed by atoms with Gasteiger partial charge in [0.15, 0.2) is 5.78 Å². The Bertz CT molecular complexity index is 784. The molecular weight excluding hydrogens is 370 g/mol. The molecule has 0 aromatic heterocycles. The zero-order chi connectivity index (χ0) is 17.1. The molecule has 0 radical (unpaired) electrons. The first kappa shape index (κ1) is 16.7. The van der Waals surface area contributed by atoms with Gasteiger partial charge < -0.3 is 14.8 Å². The van der Waals surface area contributed by atoms with Crippen LogP contribution >= 0.6 is 15.9 Å². The van der Waals surface area contributed by atoms with Gasteiger partial charge in [0.05, 0.1) is 11.1 Å². The molecule has 2 aromatic carbocycles. The molecular formula is C19H18BrNO3. The van der Waals surface area contributed by atoms with E-state index in [1.165, 1.54) is 0 Å². The molecule has 0 aliphatic carbocycles. The van der Waals surface area contributed by atoms with Crippen LogP contribution in [-0.4, -0.2) is 18.7 Å². The first-order valence-electron chi connectivity index (χ1n) is 7.74. The van der Waals surface area contributed by atoms with Crippen LogP contribution in [0.15, 0.2) is 58.7 Å². The minimum Gasteiger partial charge on any atom is -0.460 e. The summed E-state index contributed by atoms with van der Waals surface area (Å²) in [6.45, 7) is 4.28. The number of fused-ring (bicyclic) bond motifs is 1. The maximum Gasteiger partial charge on any atom is 0.232 e. The minimum absolute atomic E-state index is 0.0805. The fourth-order valence-electron chi connectivity index (χ4n) is 2.48. The Morgan fingerprint density at radius 3 is 2.71 bits per heavy atom. The third kappa shape index (κ3) is 3.52. The summed E-state index contributed by atoms with van der Waals surface area (Å²) in [6, 6.07) is 13.3. The van der Waals surface area contributed by atoms with Crippen molar-refractivity contribution < 1.29 is 14.3 Å². The van der Waals surface area contributed by atoms with E-state index in [-0.39, 0.29) is 5.78 Å². The van der Waals surface area contributed by atoms with E-state index in [9.17, 15) is 4.79 Å². The minimum atomic E-state index is -0.708. The number of carbonyl (C=O) groups is 1. The summed E-state index contributed by atoms with van der Waals surface area (Å²) >= 11 is 3.40. The Morgan fingerprint density at radius 2 is 2.00 bits per heavy atom. The van der Waals surface area contributed by atoms with E-state index in [0.29, 0.717) is 23.5 Å². The number of halogens is 1. The summed E-state index contributed by atoms with van der Waals surface area (Å²) < 4.78 is 12.5. The lowest BCUT2D eigenvalue weighted by molar-refractivity contribution is -0.0509. The molecule has 0 spiro atoms. The van der Waals surface area contributed by atoms with Crippen molar-refractivity contribution in [3.05, 3.63) is 69.8 Å². The lowest BCUT2D eigenvalue weighted by Gasteiger charge is -2.27. The van der Waals surface area contributed by atoms with Crippen LogP contribution in [0.3, 0.4) is 0 Å². The van der Waals surface area contributed by atoms with Crippen molar-refractivity contribution in [3.8, 4) is 5.75 Å². The second-order valence-electron chi connectivity index (χ2n) is 5.48. The van der Waals surface area contributed by atoms with Crippen molar-refractivity contribution in [2.75, 3.05) is 11.9 Å². The maximum atomic E-state index is 12.9. The van der Waals surface area contributed by atoms with Gasteiger partial charge >= 0.3 is 0 Å². The number of rotatable bonds is 4. The topological polar surface area (TPSA) is 47.6 Å². The van der Waals surface area contributed by atoms with Crippen LogP contribution in [0, 0.1) is 6.92 Å². The number of aryl methyl sites for hydroxylation is 1. The molecule has 24 heavy (non-hydrogen) atoms. The molecule has 1 aliphatic rings. The molecule has 5 heteroatoms. The molecule has 4 nitrogen and oxygen atoms in total. The highest BCUT2D eigenvalue weighted by Crippen LogP contribution is 2.32. The summed E-state index contributed by atoms with van der Waals surface area (Å²) in [5.41, 5.74) is 2.91. The van der Waals surface area contributed by atoms with Crippen LogP contribution in [0.2, 0.25) is 0 Å². The van der Waals surface area contributed by atoms with Crippen LogP contribution in [0.5, 0.6) is 5.75 Å². The average molecular weight is 388 g/mol. The summed E-state index contributed by atoms with van der Waals surface area (Å²) in [7, 11) is 0. The molecule has 0 bridgehead atoms. The van der Waals surface area contributed by atoms with E-state index in [2.05, 4.69) is 21.2 Å². The van der Waals surface area contributed by atoms with Crippen molar-refractivity contribution in [3.63, 3.8) is 0 Å². The van der Waals surface area contributed by atoms with Gasteiger partial charge in [0, 0.05) is 23.0 Å². The van der Waals surface area contributed by atoms with E-state index in [0.717, 1.165) is 15.7 Å². The zero-order valence-corrected chi connectivity index (χ0v) is 15.1. The van der Waals surface area contributed by atoms with E-state index < -0.39 is 6.29 Å². The van der Waals surface area contributed by atoms with Gasteiger partial charge in [-0.2, -0.15) is 0 Å². The predicted octanol–water partition coefficient (Wildman–Crippen LogP) is 4.69. The summed E-state index contributed by atoms with van der Waals surface area (Å²) in [5, 5.41) is 3.14. The van der Waals surface area contributed by atoms with Gasteiger partial charge in [-0.3, -0.25) is 4.79 Å². The highest BCUT2D eigenvalue weighted by atomic mass is 79.9. The molecule has 0 amide bonds. The van der Waals surface area contributed by atoms with E-state index in [1.54, 1.807) is 6.20 Å². The molecule has 1 aliphatic heterocycles. The molecule has 1 atom stereocenters. The molecule has 0 fully saturated rings. The molecule has 1 N–H and O–H groups in total. The Morgan fingerprint density at radius 1 is 1.25 bits per heavy atom. The second-order valence-corrected chi connectivity index (χ2v) is 6.40. The van der Waals surface area contributed by atoms with Gasteiger partial charge in [-0.05, 0) is 50.2 Å². The number of hydrogen-bond donors (Lipinski definition) is 1. The molecule has 124 valence electrons. The molecule has 0 saturated heterocycles. The third-order valence-electron chi connectivity index (χ3n) is 3.69. The highest BCUT2D eigenvalue weighted by Gasteiger charge is 2.32. The van der Waals surface area contributed by atoms with Crippen molar-refractivity contribution in [1.82, 2.24) is 0 Å². The molecule has 1 heterocycles. The number of ether oxygens (including phenoxy) is 2. The Kier molecular flexibility index (Phi) is 5.02. The predicted molar refractivity (Wildman–Crippen MR) is 97.4 cm³/mol. The quantitative estimate of drug-likeness (QED) is 0.772. The standard InChI is InChI=1S/C19H18BrNO3/c1-3-23-19-16(11-21-14-7-5-13(20)6-8-14)18(22)15-10-12(2)4-9-17(15)24-19/h4-11,19,21H,3H2,1-2H3/b16-11-. The monoisotopic (exact) mass is 387 g/mol. The second kappa shape index (κ2) is 7.20. The molecule has 3 rings (SSSR count). The van der Waals surface area contributed by atoms with Gasteiger partial charge in [0.25, 0.3) is 0 Å². The number of carbonyl (C=O) groups excluding carboxylic acids is 1. The average Bonchev–Trinajstić information content (AvgIpc) is 2.57. The SMILES string of the molecule is CCOC1Oc2ccc(C)cc2C(=O)/C1=C/Nc1ccc(Br)cc1. The van der Waals surface area contributed by atoms with Gasteiger partial charge in [-0.25, -0.2) is 0 Å². The Balaban J connectivity index is 1.92. The van der Waals surface area contributed by atoms with Gasteiger partial charge in [0.2, 0.25) is 6.29 Å². The van der Waals surface area contributed by atoms with Gasteiger partial charge in [0.1, 0.15) is 5.75 Å². The van der Waals surface area contributed by atoms with E-state index in [1.807, 2.05) is 56.3 Å². The normalized spacial score (nSPS) is 18.2. The number of nitrogens with one attached hydrogen (secondary N) is 1. The number of ketones is 1. The fraction of sp³-hybridized carbons (Fsp3) is 0.211. The molecule has 0 saturated carbocycles. The first-order valence-corrected chi connectivity index (χ1v) is 8.53. The smallest absolute Gasteiger partial charge is 0.232 e. The zero-order valence-electron chi connectivity index (χ0n) is 13.5. The highest BCUT2D eigenvalue weighted by molar-refractivity contribution is 9.10.